The molecular weight excluding hydrogens is 286 g/mol. The predicted molar refractivity (Wildman–Crippen MR) is 84.2 cm³/mol. The first kappa shape index (κ1) is 15.7. The summed E-state index contributed by atoms with van der Waals surface area (Å²) in [6, 6.07) is 9.86. The molecular formula is C16H20ClN3O. The van der Waals surface area contributed by atoms with Crippen LogP contribution in [-0.4, -0.2) is 37.0 Å². The van der Waals surface area contributed by atoms with E-state index in [0.717, 1.165) is 23.8 Å². The zero-order valence-electron chi connectivity index (χ0n) is 12.4. The van der Waals surface area contributed by atoms with Crippen molar-refractivity contribution in [3.8, 4) is 6.07 Å². The van der Waals surface area contributed by atoms with Gasteiger partial charge in [-0.1, -0.05) is 37.6 Å². The molecule has 1 amide bonds. The summed E-state index contributed by atoms with van der Waals surface area (Å²) >= 11 is 6.21. The van der Waals surface area contributed by atoms with Crippen molar-refractivity contribution in [3.63, 3.8) is 0 Å². The molecule has 0 radical (unpaired) electrons. The van der Waals surface area contributed by atoms with Crippen LogP contribution in [0.1, 0.15) is 13.8 Å². The van der Waals surface area contributed by atoms with E-state index in [1.807, 2.05) is 38.1 Å². The summed E-state index contributed by atoms with van der Waals surface area (Å²) in [7, 11) is 0. The van der Waals surface area contributed by atoms with Gasteiger partial charge in [-0.3, -0.25) is 4.79 Å². The molecule has 0 aliphatic carbocycles. The highest BCUT2D eigenvalue weighted by atomic mass is 35.5. The number of anilines is 1. The lowest BCUT2D eigenvalue weighted by Gasteiger charge is -2.37. The topological polar surface area (TPSA) is 47.3 Å². The number of rotatable bonds is 3. The van der Waals surface area contributed by atoms with Crippen LogP contribution in [0.25, 0.3) is 0 Å². The van der Waals surface area contributed by atoms with Gasteiger partial charge < -0.3 is 9.80 Å². The Balaban J connectivity index is 1.99. The summed E-state index contributed by atoms with van der Waals surface area (Å²) < 4.78 is 0. The number of nitrogens with zero attached hydrogens (tertiary/aromatic N) is 3. The highest BCUT2D eigenvalue weighted by Crippen LogP contribution is 2.26. The van der Waals surface area contributed by atoms with Crippen molar-refractivity contribution >= 4 is 23.2 Å². The molecule has 1 fully saturated rings. The Morgan fingerprint density at radius 2 is 1.86 bits per heavy atom. The minimum atomic E-state index is -0.545. The second-order valence-electron chi connectivity index (χ2n) is 5.61. The van der Waals surface area contributed by atoms with Gasteiger partial charge in [-0.25, -0.2) is 0 Å². The zero-order chi connectivity index (χ0) is 15.4. The van der Waals surface area contributed by atoms with Crippen molar-refractivity contribution in [2.45, 2.75) is 13.8 Å². The Morgan fingerprint density at radius 3 is 2.38 bits per heavy atom. The molecule has 0 bridgehead atoms. The summed E-state index contributed by atoms with van der Waals surface area (Å²) in [6.07, 6.45) is 0. The third-order valence-electron chi connectivity index (χ3n) is 3.86. The normalized spacial score (nSPS) is 16.7. The fourth-order valence-electron chi connectivity index (χ4n) is 2.56. The molecule has 2 rings (SSSR count). The summed E-state index contributed by atoms with van der Waals surface area (Å²) in [5.74, 6) is -0.549. The van der Waals surface area contributed by atoms with E-state index in [0.29, 0.717) is 13.1 Å². The number of carbonyl (C=O) groups is 1. The molecule has 1 atom stereocenters. The SMILES string of the molecule is CC(C)C(C#N)C(=O)N1CCN(c2ccccc2Cl)CC1. The molecule has 1 aliphatic heterocycles. The van der Waals surface area contributed by atoms with Gasteiger partial charge in [-0.2, -0.15) is 5.26 Å². The number of nitriles is 1. The largest absolute Gasteiger partial charge is 0.367 e. The van der Waals surface area contributed by atoms with Crippen molar-refractivity contribution in [1.82, 2.24) is 4.90 Å². The predicted octanol–water partition coefficient (Wildman–Crippen LogP) is 2.78. The maximum absolute atomic E-state index is 12.3. The van der Waals surface area contributed by atoms with Crippen LogP contribution in [0.4, 0.5) is 5.69 Å². The van der Waals surface area contributed by atoms with E-state index < -0.39 is 5.92 Å². The summed E-state index contributed by atoms with van der Waals surface area (Å²) in [6.45, 7) is 6.57. The highest BCUT2D eigenvalue weighted by molar-refractivity contribution is 6.33. The summed E-state index contributed by atoms with van der Waals surface area (Å²) in [5.41, 5.74) is 1.01. The van der Waals surface area contributed by atoms with Crippen LogP contribution < -0.4 is 4.90 Å². The number of para-hydroxylation sites is 1. The number of benzene rings is 1. The van der Waals surface area contributed by atoms with Gasteiger partial charge in [0.15, 0.2) is 0 Å². The maximum Gasteiger partial charge on any atom is 0.240 e. The van der Waals surface area contributed by atoms with Gasteiger partial charge in [0, 0.05) is 26.2 Å². The first-order valence-corrected chi connectivity index (χ1v) is 7.60. The van der Waals surface area contributed by atoms with E-state index >= 15 is 0 Å². The number of piperazine rings is 1. The van der Waals surface area contributed by atoms with E-state index in [2.05, 4.69) is 11.0 Å². The molecule has 1 unspecified atom stereocenters. The number of amides is 1. The molecule has 1 aliphatic rings. The Morgan fingerprint density at radius 1 is 1.24 bits per heavy atom. The van der Waals surface area contributed by atoms with Gasteiger partial charge in [0.25, 0.3) is 0 Å². The first-order chi connectivity index (χ1) is 10.0. The van der Waals surface area contributed by atoms with Crippen LogP contribution in [-0.2, 0) is 4.79 Å². The molecule has 0 aromatic heterocycles. The van der Waals surface area contributed by atoms with E-state index in [-0.39, 0.29) is 11.8 Å². The quantitative estimate of drug-likeness (QED) is 0.862. The van der Waals surface area contributed by atoms with Gasteiger partial charge in [0.2, 0.25) is 5.91 Å². The number of halogens is 1. The Hall–Kier alpha value is -1.73. The Kier molecular flexibility index (Phi) is 5.08. The van der Waals surface area contributed by atoms with E-state index in [9.17, 15) is 4.79 Å². The molecule has 0 spiro atoms. The average molecular weight is 306 g/mol. The van der Waals surface area contributed by atoms with E-state index in [1.165, 1.54) is 0 Å². The lowest BCUT2D eigenvalue weighted by molar-refractivity contribution is -0.135. The summed E-state index contributed by atoms with van der Waals surface area (Å²) in [4.78, 5) is 16.3. The van der Waals surface area contributed by atoms with Crippen molar-refractivity contribution in [2.24, 2.45) is 11.8 Å². The molecule has 112 valence electrons. The van der Waals surface area contributed by atoms with Crippen LogP contribution in [0.15, 0.2) is 24.3 Å². The molecule has 0 N–H and O–H groups in total. The van der Waals surface area contributed by atoms with E-state index in [1.54, 1.807) is 4.90 Å². The molecule has 1 aromatic carbocycles. The average Bonchev–Trinajstić information content (AvgIpc) is 2.48. The first-order valence-electron chi connectivity index (χ1n) is 7.22. The lowest BCUT2D eigenvalue weighted by atomic mass is 9.95. The van der Waals surface area contributed by atoms with Gasteiger partial charge in [0.05, 0.1) is 16.8 Å². The fraction of sp³-hybridized carbons (Fsp3) is 0.500. The third-order valence-corrected chi connectivity index (χ3v) is 4.18. The smallest absolute Gasteiger partial charge is 0.240 e. The molecule has 1 aromatic rings. The van der Waals surface area contributed by atoms with Gasteiger partial charge in [-0.05, 0) is 18.1 Å². The third kappa shape index (κ3) is 3.48. The minimum absolute atomic E-state index is 0.0455. The van der Waals surface area contributed by atoms with Crippen LogP contribution in [0.3, 0.4) is 0 Å². The molecule has 0 saturated carbocycles. The zero-order valence-corrected chi connectivity index (χ0v) is 13.2. The molecule has 1 heterocycles. The molecule has 21 heavy (non-hydrogen) atoms. The highest BCUT2D eigenvalue weighted by Gasteiger charge is 2.29. The van der Waals surface area contributed by atoms with Crippen LogP contribution in [0.5, 0.6) is 0 Å². The lowest BCUT2D eigenvalue weighted by Crippen LogP contribution is -2.51. The fourth-order valence-corrected chi connectivity index (χ4v) is 2.82. The van der Waals surface area contributed by atoms with Crippen LogP contribution >= 0.6 is 11.6 Å². The van der Waals surface area contributed by atoms with Gasteiger partial charge in [-0.15, -0.1) is 0 Å². The summed E-state index contributed by atoms with van der Waals surface area (Å²) in [5, 5.41) is 9.87. The van der Waals surface area contributed by atoms with Crippen molar-refractivity contribution in [1.29, 1.82) is 5.26 Å². The van der Waals surface area contributed by atoms with Crippen LogP contribution in [0.2, 0.25) is 5.02 Å². The Bertz CT molecular complexity index is 545. The van der Waals surface area contributed by atoms with Gasteiger partial charge >= 0.3 is 0 Å². The second kappa shape index (κ2) is 6.82. The number of hydrogen-bond acceptors (Lipinski definition) is 3. The standard InChI is InChI=1S/C16H20ClN3O/c1-12(2)13(11-18)16(21)20-9-7-19(8-10-20)15-6-4-3-5-14(15)17/h3-6,12-13H,7-10H2,1-2H3. The van der Waals surface area contributed by atoms with Crippen LogP contribution in [0, 0.1) is 23.2 Å². The van der Waals surface area contributed by atoms with Crippen molar-refractivity contribution in [3.05, 3.63) is 29.3 Å². The molecule has 1 saturated heterocycles. The number of carbonyl (C=O) groups excluding carboxylic acids is 1. The van der Waals surface area contributed by atoms with Crippen molar-refractivity contribution in [2.75, 3.05) is 31.1 Å². The molecule has 5 heteroatoms. The minimum Gasteiger partial charge on any atom is -0.367 e. The monoisotopic (exact) mass is 305 g/mol. The second-order valence-corrected chi connectivity index (χ2v) is 6.02. The van der Waals surface area contributed by atoms with Crippen molar-refractivity contribution < 1.29 is 4.79 Å². The molecule has 4 nitrogen and oxygen atoms in total. The van der Waals surface area contributed by atoms with Gasteiger partial charge in [0.1, 0.15) is 5.92 Å². The van der Waals surface area contributed by atoms with E-state index in [4.69, 9.17) is 16.9 Å². The Labute approximate surface area is 130 Å². The number of hydrogen-bond donors (Lipinski definition) is 0. The maximum atomic E-state index is 12.3.